The van der Waals surface area contributed by atoms with Gasteiger partial charge in [0, 0.05) is 37.1 Å². The van der Waals surface area contributed by atoms with E-state index >= 15 is 0 Å². The largest absolute Gasteiger partial charge is 0.387 e. The Bertz CT molecular complexity index is 425. The minimum absolute atomic E-state index is 0.0921. The lowest BCUT2D eigenvalue weighted by molar-refractivity contribution is -0.120. The first-order chi connectivity index (χ1) is 8.65. The van der Waals surface area contributed by atoms with Gasteiger partial charge in [-0.15, -0.1) is 0 Å². The standard InChI is InChI=1S/C13H17BrN2O2/c14-11-3-1-2-10(8-11)12(17)9-16-6-4-13(18)15-5-7-16/h1-3,8,12,17H,4-7,9H2,(H,15,18). The molecule has 1 heterocycles. The van der Waals surface area contributed by atoms with Crippen molar-refractivity contribution < 1.29 is 9.90 Å². The third-order valence-corrected chi connectivity index (χ3v) is 3.56. The van der Waals surface area contributed by atoms with Crippen LogP contribution in [0.4, 0.5) is 0 Å². The molecule has 0 bridgehead atoms. The van der Waals surface area contributed by atoms with Crippen molar-refractivity contribution in [2.24, 2.45) is 0 Å². The molecule has 1 atom stereocenters. The first-order valence-electron chi connectivity index (χ1n) is 6.08. The van der Waals surface area contributed by atoms with E-state index in [0.29, 0.717) is 26.1 Å². The molecule has 1 amide bonds. The van der Waals surface area contributed by atoms with Crippen molar-refractivity contribution in [1.82, 2.24) is 10.2 Å². The highest BCUT2D eigenvalue weighted by atomic mass is 79.9. The van der Waals surface area contributed by atoms with E-state index in [1.807, 2.05) is 24.3 Å². The first-order valence-corrected chi connectivity index (χ1v) is 6.87. The number of hydrogen-bond acceptors (Lipinski definition) is 3. The average molecular weight is 313 g/mol. The Morgan fingerprint density at radius 3 is 3.06 bits per heavy atom. The number of benzene rings is 1. The molecule has 0 aromatic heterocycles. The summed E-state index contributed by atoms with van der Waals surface area (Å²) < 4.78 is 0.965. The van der Waals surface area contributed by atoms with Crippen molar-refractivity contribution in [2.75, 3.05) is 26.2 Å². The molecule has 1 aromatic rings. The molecule has 1 aliphatic rings. The van der Waals surface area contributed by atoms with Crippen molar-refractivity contribution in [1.29, 1.82) is 0 Å². The lowest BCUT2D eigenvalue weighted by Gasteiger charge is -2.22. The van der Waals surface area contributed by atoms with Gasteiger partial charge in [-0.25, -0.2) is 0 Å². The molecule has 4 nitrogen and oxygen atoms in total. The van der Waals surface area contributed by atoms with Crippen LogP contribution in [-0.4, -0.2) is 42.1 Å². The quantitative estimate of drug-likeness (QED) is 0.884. The Hall–Kier alpha value is -0.910. The van der Waals surface area contributed by atoms with E-state index < -0.39 is 6.10 Å². The fourth-order valence-corrected chi connectivity index (χ4v) is 2.48. The number of β-amino-alcohol motifs (C(OH)–C–C–N with tert-alkyl or cyclic N) is 1. The van der Waals surface area contributed by atoms with Gasteiger partial charge >= 0.3 is 0 Å². The van der Waals surface area contributed by atoms with E-state index in [2.05, 4.69) is 26.1 Å². The van der Waals surface area contributed by atoms with Gasteiger partial charge in [-0.05, 0) is 17.7 Å². The summed E-state index contributed by atoms with van der Waals surface area (Å²) in [6.07, 6.45) is -0.0127. The van der Waals surface area contributed by atoms with Crippen LogP contribution in [0, 0.1) is 0 Å². The predicted molar refractivity (Wildman–Crippen MR) is 73.2 cm³/mol. The topological polar surface area (TPSA) is 52.6 Å². The summed E-state index contributed by atoms with van der Waals surface area (Å²) in [6, 6.07) is 7.68. The highest BCUT2D eigenvalue weighted by molar-refractivity contribution is 9.10. The molecular weight excluding hydrogens is 296 g/mol. The Balaban J connectivity index is 1.94. The Morgan fingerprint density at radius 1 is 1.44 bits per heavy atom. The van der Waals surface area contributed by atoms with E-state index in [1.165, 1.54) is 0 Å². The molecule has 98 valence electrons. The molecule has 1 unspecified atom stereocenters. The van der Waals surface area contributed by atoms with E-state index in [4.69, 9.17) is 0 Å². The molecule has 0 saturated carbocycles. The molecule has 1 aliphatic heterocycles. The van der Waals surface area contributed by atoms with Crippen molar-refractivity contribution >= 4 is 21.8 Å². The fraction of sp³-hybridized carbons (Fsp3) is 0.462. The van der Waals surface area contributed by atoms with Crippen LogP contribution in [0.15, 0.2) is 28.7 Å². The van der Waals surface area contributed by atoms with Crippen LogP contribution >= 0.6 is 15.9 Å². The van der Waals surface area contributed by atoms with Crippen LogP contribution in [-0.2, 0) is 4.79 Å². The normalized spacial score (nSPS) is 19.1. The maximum atomic E-state index is 11.2. The SMILES string of the molecule is O=C1CCN(CC(O)c2cccc(Br)c2)CCN1. The Morgan fingerprint density at radius 2 is 2.28 bits per heavy atom. The van der Waals surface area contributed by atoms with Crippen LogP contribution in [0.3, 0.4) is 0 Å². The molecule has 18 heavy (non-hydrogen) atoms. The van der Waals surface area contributed by atoms with E-state index in [1.54, 1.807) is 0 Å². The lowest BCUT2D eigenvalue weighted by Crippen LogP contribution is -2.32. The van der Waals surface area contributed by atoms with Crippen molar-refractivity contribution in [3.8, 4) is 0 Å². The number of rotatable bonds is 3. The Labute approximate surface area is 115 Å². The first kappa shape index (κ1) is 13.5. The summed E-state index contributed by atoms with van der Waals surface area (Å²) in [5, 5.41) is 13.0. The molecule has 5 heteroatoms. The number of carbonyl (C=O) groups is 1. The van der Waals surface area contributed by atoms with Gasteiger partial charge in [-0.1, -0.05) is 28.1 Å². The maximum Gasteiger partial charge on any atom is 0.221 e. The van der Waals surface area contributed by atoms with Gasteiger partial charge in [0.25, 0.3) is 0 Å². The van der Waals surface area contributed by atoms with Crippen LogP contribution in [0.25, 0.3) is 0 Å². The van der Waals surface area contributed by atoms with E-state index in [-0.39, 0.29) is 5.91 Å². The second kappa shape index (κ2) is 6.31. The van der Waals surface area contributed by atoms with Crippen LogP contribution in [0.5, 0.6) is 0 Å². The third kappa shape index (κ3) is 3.80. The van der Waals surface area contributed by atoms with Crippen LogP contribution in [0.1, 0.15) is 18.1 Å². The number of halogens is 1. The van der Waals surface area contributed by atoms with E-state index in [9.17, 15) is 9.90 Å². The molecule has 1 fully saturated rings. The number of aliphatic hydroxyl groups is 1. The highest BCUT2D eigenvalue weighted by Crippen LogP contribution is 2.19. The van der Waals surface area contributed by atoms with Gasteiger partial charge < -0.3 is 10.4 Å². The fourth-order valence-electron chi connectivity index (χ4n) is 2.06. The molecule has 0 aliphatic carbocycles. The van der Waals surface area contributed by atoms with Gasteiger partial charge in [0.05, 0.1) is 6.10 Å². The second-order valence-corrected chi connectivity index (χ2v) is 5.39. The van der Waals surface area contributed by atoms with Gasteiger partial charge in [0.15, 0.2) is 0 Å². The van der Waals surface area contributed by atoms with Gasteiger partial charge in [-0.2, -0.15) is 0 Å². The third-order valence-electron chi connectivity index (χ3n) is 3.07. The summed E-state index contributed by atoms with van der Waals surface area (Å²) in [6.45, 7) is 2.71. The summed E-state index contributed by atoms with van der Waals surface area (Å²) in [5.41, 5.74) is 0.896. The minimum Gasteiger partial charge on any atom is -0.387 e. The number of nitrogens with zero attached hydrogens (tertiary/aromatic N) is 1. The summed E-state index contributed by atoms with van der Waals surface area (Å²) >= 11 is 3.40. The summed E-state index contributed by atoms with van der Waals surface area (Å²) in [5.74, 6) is 0.0921. The van der Waals surface area contributed by atoms with Crippen LogP contribution < -0.4 is 5.32 Å². The van der Waals surface area contributed by atoms with Gasteiger partial charge in [-0.3, -0.25) is 9.69 Å². The van der Waals surface area contributed by atoms with Gasteiger partial charge in [0.2, 0.25) is 5.91 Å². The maximum absolute atomic E-state index is 11.2. The molecular formula is C13H17BrN2O2. The zero-order valence-electron chi connectivity index (χ0n) is 10.1. The van der Waals surface area contributed by atoms with E-state index in [0.717, 1.165) is 16.6 Å². The molecule has 2 rings (SSSR count). The zero-order valence-corrected chi connectivity index (χ0v) is 11.7. The highest BCUT2D eigenvalue weighted by Gasteiger charge is 2.17. The number of nitrogens with one attached hydrogen (secondary N) is 1. The minimum atomic E-state index is -0.518. The monoisotopic (exact) mass is 312 g/mol. The summed E-state index contributed by atoms with van der Waals surface area (Å²) in [4.78, 5) is 13.3. The van der Waals surface area contributed by atoms with Crippen LogP contribution in [0.2, 0.25) is 0 Å². The molecule has 1 aromatic carbocycles. The predicted octanol–water partition coefficient (Wildman–Crippen LogP) is 1.30. The molecule has 1 saturated heterocycles. The lowest BCUT2D eigenvalue weighted by atomic mass is 10.1. The smallest absolute Gasteiger partial charge is 0.221 e. The second-order valence-electron chi connectivity index (χ2n) is 4.47. The number of aliphatic hydroxyl groups excluding tert-OH is 1. The van der Waals surface area contributed by atoms with Gasteiger partial charge in [0.1, 0.15) is 0 Å². The van der Waals surface area contributed by atoms with Crippen molar-refractivity contribution in [3.05, 3.63) is 34.3 Å². The molecule has 0 radical (unpaired) electrons. The summed E-state index contributed by atoms with van der Waals surface area (Å²) in [7, 11) is 0. The Kier molecular flexibility index (Phi) is 4.74. The molecule has 2 N–H and O–H groups in total. The number of hydrogen-bond donors (Lipinski definition) is 2. The number of carbonyl (C=O) groups excluding carboxylic acids is 1. The number of amides is 1. The zero-order chi connectivity index (χ0) is 13.0. The average Bonchev–Trinajstić information content (AvgIpc) is 2.54. The van der Waals surface area contributed by atoms with Crippen molar-refractivity contribution in [3.63, 3.8) is 0 Å². The molecule has 0 spiro atoms. The van der Waals surface area contributed by atoms with Crippen molar-refractivity contribution in [2.45, 2.75) is 12.5 Å².